The molecule has 0 aromatic heterocycles. The number of hydrogen-bond acceptors (Lipinski definition) is 2. The van der Waals surface area contributed by atoms with Gasteiger partial charge in [-0.3, -0.25) is 4.79 Å². The molecule has 0 heterocycles. The molecular weight excluding hydrogens is 392 g/mol. The topological polar surface area (TPSA) is 26.3 Å². The zero-order chi connectivity index (χ0) is 23.1. The maximum absolute atomic E-state index is 12.4. The third kappa shape index (κ3) is 2.92. The Hall–Kier alpha value is -0.530. The molecule has 2 nitrogen and oxygen atoms in total. The molecule has 0 N–H and O–H groups in total. The van der Waals surface area contributed by atoms with E-state index in [0.717, 1.165) is 29.6 Å². The van der Waals surface area contributed by atoms with E-state index in [0.29, 0.717) is 27.6 Å². The standard InChI is InChI=1S/C30H50O2/c1-19(26(31)32-7)20-9-10-22-21(20)13-17-29(5)23(22)11-12-25-28(4)16-8-15-27(2,3)24(28)14-18-30(25,29)6/h19-25H,8-18H2,1-7H3/t19-,20-,21-,22?,23?,24?,25?,28-,29+,30+/m0/s1. The Morgan fingerprint density at radius 2 is 1.50 bits per heavy atom. The third-order valence-corrected chi connectivity index (χ3v) is 13.3. The monoisotopic (exact) mass is 442 g/mol. The lowest BCUT2D eigenvalue weighted by Gasteiger charge is -2.71. The van der Waals surface area contributed by atoms with Gasteiger partial charge in [0.05, 0.1) is 13.0 Å². The van der Waals surface area contributed by atoms with E-state index >= 15 is 0 Å². The fraction of sp³-hybridized carbons (Fsp3) is 0.967. The highest BCUT2D eigenvalue weighted by Gasteiger charge is 2.68. The van der Waals surface area contributed by atoms with Gasteiger partial charge in [-0.25, -0.2) is 0 Å². The summed E-state index contributed by atoms with van der Waals surface area (Å²) < 4.78 is 5.16. The highest BCUT2D eigenvalue weighted by Crippen LogP contribution is 2.75. The Balaban J connectivity index is 1.44. The number of esters is 1. The Morgan fingerprint density at radius 3 is 2.22 bits per heavy atom. The highest BCUT2D eigenvalue weighted by molar-refractivity contribution is 5.72. The van der Waals surface area contributed by atoms with Gasteiger partial charge in [-0.2, -0.15) is 0 Å². The van der Waals surface area contributed by atoms with Crippen molar-refractivity contribution < 1.29 is 9.53 Å². The van der Waals surface area contributed by atoms with E-state index in [1.54, 1.807) is 7.11 Å². The molecule has 5 aliphatic carbocycles. The first-order valence-corrected chi connectivity index (χ1v) is 14.1. The van der Waals surface area contributed by atoms with Crippen molar-refractivity contribution in [2.45, 2.75) is 112 Å². The molecule has 0 aromatic carbocycles. The van der Waals surface area contributed by atoms with Gasteiger partial charge in [0.15, 0.2) is 0 Å². The van der Waals surface area contributed by atoms with Crippen LogP contribution in [0.25, 0.3) is 0 Å². The molecular formula is C30H50O2. The summed E-state index contributed by atoms with van der Waals surface area (Å²) in [5.74, 6) is 4.92. The van der Waals surface area contributed by atoms with Gasteiger partial charge in [-0.1, -0.05) is 48.0 Å². The van der Waals surface area contributed by atoms with Crippen molar-refractivity contribution in [2.24, 2.45) is 63.1 Å². The number of hydrogen-bond donors (Lipinski definition) is 0. The van der Waals surface area contributed by atoms with Crippen LogP contribution in [0.1, 0.15) is 112 Å². The van der Waals surface area contributed by atoms with Crippen molar-refractivity contribution in [1.82, 2.24) is 0 Å². The summed E-state index contributed by atoms with van der Waals surface area (Å²) in [6.45, 7) is 15.5. The van der Waals surface area contributed by atoms with Crippen LogP contribution in [0, 0.1) is 63.1 Å². The van der Waals surface area contributed by atoms with Crippen molar-refractivity contribution in [2.75, 3.05) is 7.11 Å². The Morgan fingerprint density at radius 1 is 0.781 bits per heavy atom. The van der Waals surface area contributed by atoms with E-state index in [-0.39, 0.29) is 11.9 Å². The van der Waals surface area contributed by atoms with Crippen LogP contribution in [-0.2, 0) is 9.53 Å². The molecule has 10 atom stereocenters. The molecule has 0 bridgehead atoms. The average Bonchev–Trinajstić information content (AvgIpc) is 3.16. The fourth-order valence-corrected chi connectivity index (χ4v) is 11.7. The lowest BCUT2D eigenvalue weighted by molar-refractivity contribution is -0.227. The van der Waals surface area contributed by atoms with Crippen LogP contribution in [0.2, 0.25) is 0 Å². The Labute approximate surface area is 198 Å². The second-order valence-corrected chi connectivity index (χ2v) is 14.4. The van der Waals surface area contributed by atoms with Crippen LogP contribution in [0.4, 0.5) is 0 Å². The van der Waals surface area contributed by atoms with Gasteiger partial charge in [0.25, 0.3) is 0 Å². The van der Waals surface area contributed by atoms with E-state index in [4.69, 9.17) is 4.74 Å². The van der Waals surface area contributed by atoms with Gasteiger partial charge in [0.1, 0.15) is 0 Å². The Kier molecular flexibility index (Phi) is 5.43. The first-order chi connectivity index (χ1) is 15.0. The maximum Gasteiger partial charge on any atom is 0.308 e. The smallest absolute Gasteiger partial charge is 0.308 e. The molecule has 0 spiro atoms. The number of methoxy groups -OCH3 is 1. The molecule has 0 radical (unpaired) electrons. The molecule has 32 heavy (non-hydrogen) atoms. The van der Waals surface area contributed by atoms with Gasteiger partial charge in [-0.15, -0.1) is 0 Å². The predicted molar refractivity (Wildman–Crippen MR) is 131 cm³/mol. The predicted octanol–water partition coefficient (Wildman–Crippen LogP) is 7.90. The molecule has 5 saturated carbocycles. The highest BCUT2D eigenvalue weighted by atomic mass is 16.5. The van der Waals surface area contributed by atoms with E-state index < -0.39 is 0 Å². The van der Waals surface area contributed by atoms with Crippen molar-refractivity contribution in [3.63, 3.8) is 0 Å². The number of rotatable bonds is 2. The molecule has 182 valence electrons. The molecule has 5 rings (SSSR count). The van der Waals surface area contributed by atoms with Crippen LogP contribution in [0.3, 0.4) is 0 Å². The number of carbonyl (C=O) groups excluding carboxylic acids is 1. The molecule has 0 saturated heterocycles. The molecule has 4 unspecified atom stereocenters. The maximum atomic E-state index is 12.4. The van der Waals surface area contributed by atoms with Crippen LogP contribution in [0.5, 0.6) is 0 Å². The summed E-state index contributed by atoms with van der Waals surface area (Å²) in [5.41, 5.74) is 2.03. The minimum absolute atomic E-state index is 0.0193. The largest absolute Gasteiger partial charge is 0.469 e. The lowest BCUT2D eigenvalue weighted by atomic mass is 9.33. The minimum atomic E-state index is 0.0193. The van der Waals surface area contributed by atoms with Crippen LogP contribution in [-0.4, -0.2) is 13.1 Å². The van der Waals surface area contributed by atoms with Gasteiger partial charge in [0, 0.05) is 0 Å². The van der Waals surface area contributed by atoms with E-state index in [2.05, 4.69) is 41.5 Å². The average molecular weight is 443 g/mol. The van der Waals surface area contributed by atoms with E-state index in [1.807, 2.05) is 0 Å². The normalized spacial score (nSPS) is 52.7. The van der Waals surface area contributed by atoms with Gasteiger partial charge in [0.2, 0.25) is 0 Å². The Bertz CT molecular complexity index is 756. The van der Waals surface area contributed by atoms with Crippen molar-refractivity contribution in [3.8, 4) is 0 Å². The van der Waals surface area contributed by atoms with E-state index in [9.17, 15) is 4.79 Å². The zero-order valence-electron chi connectivity index (χ0n) is 22.1. The first-order valence-electron chi connectivity index (χ1n) is 14.1. The van der Waals surface area contributed by atoms with E-state index in [1.165, 1.54) is 70.6 Å². The SMILES string of the molecule is COC(=O)[C@@H](C)[C@@H]1CCC2C3CCC4[C@@]5(C)CCCC(C)(C)C5CC[C@@]4(C)[C@]3(C)CC[C@H]21. The summed E-state index contributed by atoms with van der Waals surface area (Å²) >= 11 is 0. The lowest BCUT2D eigenvalue weighted by Crippen LogP contribution is -2.64. The van der Waals surface area contributed by atoms with Gasteiger partial charge in [-0.05, 0) is 121 Å². The summed E-state index contributed by atoms with van der Waals surface area (Å²) in [5, 5.41) is 0. The molecule has 2 heteroatoms. The van der Waals surface area contributed by atoms with Crippen molar-refractivity contribution in [1.29, 1.82) is 0 Å². The number of fused-ring (bicyclic) bond motifs is 7. The van der Waals surface area contributed by atoms with Crippen LogP contribution >= 0.6 is 0 Å². The second kappa shape index (κ2) is 7.48. The summed E-state index contributed by atoms with van der Waals surface area (Å²) in [6.07, 6.45) is 15.5. The number of ether oxygens (including phenoxy) is 1. The molecule has 0 aromatic rings. The molecule has 5 fully saturated rings. The summed E-state index contributed by atoms with van der Waals surface area (Å²) in [7, 11) is 1.56. The number of carbonyl (C=O) groups is 1. The fourth-order valence-electron chi connectivity index (χ4n) is 11.7. The molecule has 0 amide bonds. The third-order valence-electron chi connectivity index (χ3n) is 13.3. The second-order valence-electron chi connectivity index (χ2n) is 14.4. The quantitative estimate of drug-likeness (QED) is 0.406. The van der Waals surface area contributed by atoms with Crippen molar-refractivity contribution in [3.05, 3.63) is 0 Å². The molecule has 5 aliphatic rings. The van der Waals surface area contributed by atoms with Crippen LogP contribution < -0.4 is 0 Å². The summed E-state index contributed by atoms with van der Waals surface area (Å²) in [4.78, 5) is 12.4. The zero-order valence-corrected chi connectivity index (χ0v) is 22.1. The van der Waals surface area contributed by atoms with Crippen molar-refractivity contribution >= 4 is 5.97 Å². The van der Waals surface area contributed by atoms with Gasteiger partial charge >= 0.3 is 5.97 Å². The molecule has 0 aliphatic heterocycles. The minimum Gasteiger partial charge on any atom is -0.469 e. The summed E-state index contributed by atoms with van der Waals surface area (Å²) in [6, 6.07) is 0. The van der Waals surface area contributed by atoms with Gasteiger partial charge < -0.3 is 4.74 Å². The first kappa shape index (κ1) is 23.2. The van der Waals surface area contributed by atoms with Crippen LogP contribution in [0.15, 0.2) is 0 Å².